The quantitative estimate of drug-likeness (QED) is 0.570. The van der Waals surface area contributed by atoms with Gasteiger partial charge in [0.05, 0.1) is 28.3 Å². The van der Waals surface area contributed by atoms with Crippen LogP contribution in [0.1, 0.15) is 18.9 Å². The molecule has 3 heterocycles. The zero-order chi connectivity index (χ0) is 23.8. The number of nitriles is 2. The lowest BCUT2D eigenvalue weighted by atomic mass is 10.0. The average molecular weight is 463 g/mol. The summed E-state index contributed by atoms with van der Waals surface area (Å²) >= 11 is 0. The Morgan fingerprint density at radius 2 is 1.94 bits per heavy atom. The Morgan fingerprint density at radius 1 is 1.21 bits per heavy atom. The minimum Gasteiger partial charge on any atom is -0.368 e. The predicted octanol–water partition coefficient (Wildman–Crippen LogP) is 2.34. The van der Waals surface area contributed by atoms with Gasteiger partial charge in [0, 0.05) is 37.9 Å². The van der Waals surface area contributed by atoms with Gasteiger partial charge in [0.1, 0.15) is 12.5 Å². The lowest BCUT2D eigenvalue weighted by molar-refractivity contribution is -0.129. The number of amides is 1. The molecule has 0 spiro atoms. The zero-order valence-corrected chi connectivity index (χ0v) is 19.0. The van der Waals surface area contributed by atoms with Crippen LogP contribution in [0.3, 0.4) is 0 Å². The van der Waals surface area contributed by atoms with Crippen molar-refractivity contribution in [3.63, 3.8) is 0 Å². The molecular weight excluding hydrogens is 440 g/mol. The van der Waals surface area contributed by atoms with Crippen LogP contribution in [-0.2, 0) is 14.8 Å². The van der Waals surface area contributed by atoms with Crippen LogP contribution in [0.25, 0.3) is 11.0 Å². The molecule has 1 aromatic carbocycles. The average Bonchev–Trinajstić information content (AvgIpc) is 3.43. The van der Waals surface area contributed by atoms with E-state index in [9.17, 15) is 18.5 Å². The predicted molar refractivity (Wildman–Crippen MR) is 122 cm³/mol. The highest BCUT2D eigenvalue weighted by Crippen LogP contribution is 2.35. The summed E-state index contributed by atoms with van der Waals surface area (Å²) in [5, 5.41) is 19.1. The number of hydrogen-bond acceptors (Lipinski definition) is 7. The lowest BCUT2D eigenvalue weighted by Crippen LogP contribution is -2.39. The van der Waals surface area contributed by atoms with Gasteiger partial charge in [0.15, 0.2) is 5.65 Å². The van der Waals surface area contributed by atoms with Crippen molar-refractivity contribution in [2.45, 2.75) is 24.3 Å². The summed E-state index contributed by atoms with van der Waals surface area (Å²) in [7, 11) is -2.04. The summed E-state index contributed by atoms with van der Waals surface area (Å²) in [6, 6.07) is 13.7. The molecule has 33 heavy (non-hydrogen) atoms. The first kappa shape index (κ1) is 22.3. The second kappa shape index (κ2) is 8.57. The summed E-state index contributed by atoms with van der Waals surface area (Å²) in [4.78, 5) is 20.2. The molecule has 4 rings (SSSR count). The molecule has 0 radical (unpaired) electrons. The van der Waals surface area contributed by atoms with Crippen LogP contribution in [0.2, 0.25) is 0 Å². The third-order valence-electron chi connectivity index (χ3n) is 6.08. The van der Waals surface area contributed by atoms with Gasteiger partial charge in [-0.2, -0.15) is 10.5 Å². The lowest BCUT2D eigenvalue weighted by Gasteiger charge is -2.30. The Balaban J connectivity index is 1.78. The second-order valence-corrected chi connectivity index (χ2v) is 9.90. The maximum atomic E-state index is 13.2. The molecule has 0 saturated carbocycles. The minimum atomic E-state index is -3.87. The SMILES string of the molecule is C[C@@H]1CN(C(=O)CC#N)CC1N(C)c1c(C#N)cnc2c1ccn2S(=O)(=O)c1ccccc1. The summed E-state index contributed by atoms with van der Waals surface area (Å²) in [6.07, 6.45) is 2.65. The van der Waals surface area contributed by atoms with E-state index in [2.05, 4.69) is 11.1 Å². The number of aromatic nitrogens is 2. The van der Waals surface area contributed by atoms with Crippen LogP contribution in [0, 0.1) is 28.6 Å². The Labute approximate surface area is 192 Å². The Hall–Kier alpha value is -3.89. The van der Waals surface area contributed by atoms with Crippen molar-refractivity contribution >= 4 is 32.7 Å². The van der Waals surface area contributed by atoms with Gasteiger partial charge >= 0.3 is 0 Å². The molecule has 1 amide bonds. The van der Waals surface area contributed by atoms with Crippen molar-refractivity contribution in [3.8, 4) is 12.1 Å². The number of likely N-dealkylation sites (N-methyl/N-ethyl adjacent to an activating group) is 1. The number of carbonyl (C=O) groups is 1. The monoisotopic (exact) mass is 462 g/mol. The largest absolute Gasteiger partial charge is 0.368 e. The summed E-state index contributed by atoms with van der Waals surface area (Å²) in [6.45, 7) is 2.93. The summed E-state index contributed by atoms with van der Waals surface area (Å²) in [5.74, 6) is -0.136. The minimum absolute atomic E-state index is 0.0857. The van der Waals surface area contributed by atoms with Gasteiger partial charge in [0.2, 0.25) is 5.91 Å². The standard InChI is InChI=1S/C23H22N6O3S/c1-16-14-28(21(30)8-10-24)15-20(16)27(2)22-17(12-25)13-26-23-19(22)9-11-29(23)33(31,32)18-6-4-3-5-7-18/h3-7,9,11,13,16,20H,8,14-15H2,1-2H3/t16-,20?/m1/s1. The van der Waals surface area contributed by atoms with Gasteiger partial charge < -0.3 is 9.80 Å². The fourth-order valence-corrected chi connectivity index (χ4v) is 5.74. The molecule has 1 aliphatic rings. The van der Waals surface area contributed by atoms with Crippen LogP contribution in [-0.4, -0.2) is 54.4 Å². The first-order chi connectivity index (χ1) is 15.8. The number of carbonyl (C=O) groups excluding carboxylic acids is 1. The molecule has 1 fully saturated rings. The number of likely N-dealkylation sites (tertiary alicyclic amines) is 1. The molecule has 2 aromatic heterocycles. The van der Waals surface area contributed by atoms with Crippen molar-refractivity contribution in [2.75, 3.05) is 25.0 Å². The molecule has 1 aliphatic heterocycles. The number of hydrogen-bond donors (Lipinski definition) is 0. The molecule has 0 aliphatic carbocycles. The number of anilines is 1. The number of nitrogens with zero attached hydrogens (tertiary/aromatic N) is 6. The van der Waals surface area contributed by atoms with Crippen LogP contribution >= 0.6 is 0 Å². The van der Waals surface area contributed by atoms with Crippen LogP contribution < -0.4 is 4.90 Å². The first-order valence-corrected chi connectivity index (χ1v) is 11.8. The van der Waals surface area contributed by atoms with Crippen molar-refractivity contribution < 1.29 is 13.2 Å². The maximum absolute atomic E-state index is 13.2. The molecule has 2 atom stereocenters. The van der Waals surface area contributed by atoms with Crippen LogP contribution in [0.5, 0.6) is 0 Å². The van der Waals surface area contributed by atoms with Crippen molar-refractivity contribution in [1.82, 2.24) is 13.9 Å². The Morgan fingerprint density at radius 3 is 2.61 bits per heavy atom. The molecule has 1 unspecified atom stereocenters. The van der Waals surface area contributed by atoms with Crippen molar-refractivity contribution in [1.29, 1.82) is 10.5 Å². The molecule has 10 heteroatoms. The van der Waals surface area contributed by atoms with E-state index >= 15 is 0 Å². The molecule has 168 valence electrons. The van der Waals surface area contributed by atoms with Crippen molar-refractivity contribution in [2.24, 2.45) is 5.92 Å². The maximum Gasteiger partial charge on any atom is 0.269 e. The fourth-order valence-electron chi connectivity index (χ4n) is 4.41. The molecular formula is C23H22N6O3S. The van der Waals surface area contributed by atoms with Crippen molar-refractivity contribution in [3.05, 3.63) is 54.4 Å². The van der Waals surface area contributed by atoms with E-state index in [-0.39, 0.29) is 34.8 Å². The van der Waals surface area contributed by atoms with Gasteiger partial charge in [-0.25, -0.2) is 17.4 Å². The zero-order valence-electron chi connectivity index (χ0n) is 18.2. The highest BCUT2D eigenvalue weighted by molar-refractivity contribution is 7.90. The van der Waals surface area contributed by atoms with Gasteiger partial charge in [-0.1, -0.05) is 25.1 Å². The third-order valence-corrected chi connectivity index (χ3v) is 7.76. The summed E-state index contributed by atoms with van der Waals surface area (Å²) < 4.78 is 27.5. The fraction of sp³-hybridized carbons (Fsp3) is 0.304. The summed E-state index contributed by atoms with van der Waals surface area (Å²) in [5.41, 5.74) is 1.10. The van der Waals surface area contributed by atoms with Crippen LogP contribution in [0.4, 0.5) is 5.69 Å². The van der Waals surface area contributed by atoms with E-state index in [1.807, 2.05) is 24.9 Å². The van der Waals surface area contributed by atoms with Gasteiger partial charge in [-0.15, -0.1) is 0 Å². The molecule has 1 saturated heterocycles. The van der Waals surface area contributed by atoms with E-state index in [4.69, 9.17) is 5.26 Å². The second-order valence-electron chi connectivity index (χ2n) is 8.09. The smallest absolute Gasteiger partial charge is 0.269 e. The number of pyridine rings is 1. The highest BCUT2D eigenvalue weighted by Gasteiger charge is 2.36. The van der Waals surface area contributed by atoms with Crippen LogP contribution in [0.15, 0.2) is 53.7 Å². The Kier molecular flexibility index (Phi) is 5.79. The Bertz CT molecular complexity index is 1400. The van der Waals surface area contributed by atoms with E-state index in [0.29, 0.717) is 29.7 Å². The molecule has 9 nitrogen and oxygen atoms in total. The highest BCUT2D eigenvalue weighted by atomic mass is 32.2. The third kappa shape index (κ3) is 3.79. The number of rotatable bonds is 5. The van der Waals surface area contributed by atoms with Gasteiger partial charge in [0.25, 0.3) is 10.0 Å². The van der Waals surface area contributed by atoms with Gasteiger partial charge in [-0.3, -0.25) is 4.79 Å². The first-order valence-electron chi connectivity index (χ1n) is 10.4. The molecule has 0 N–H and O–H groups in total. The molecule has 3 aromatic rings. The normalized spacial score (nSPS) is 18.1. The topological polar surface area (TPSA) is 123 Å². The number of benzene rings is 1. The van der Waals surface area contributed by atoms with E-state index < -0.39 is 10.0 Å². The van der Waals surface area contributed by atoms with Gasteiger partial charge in [-0.05, 0) is 24.1 Å². The van der Waals surface area contributed by atoms with E-state index in [1.165, 1.54) is 24.5 Å². The number of fused-ring (bicyclic) bond motifs is 1. The molecule has 0 bridgehead atoms. The van der Waals surface area contributed by atoms with E-state index in [1.54, 1.807) is 29.2 Å². The van der Waals surface area contributed by atoms with E-state index in [0.717, 1.165) is 3.97 Å².